The van der Waals surface area contributed by atoms with Crippen LogP contribution in [0.4, 0.5) is 5.69 Å². The lowest BCUT2D eigenvalue weighted by Gasteiger charge is -2.28. The largest absolute Gasteiger partial charge is 0.391 e. The number of rotatable bonds is 4. The van der Waals surface area contributed by atoms with Gasteiger partial charge in [0, 0.05) is 17.8 Å². The molecule has 0 spiro atoms. The molecule has 1 heterocycles. The van der Waals surface area contributed by atoms with E-state index in [2.05, 4.69) is 5.32 Å². The lowest BCUT2D eigenvalue weighted by Crippen LogP contribution is -2.43. The molecule has 1 aliphatic heterocycles. The van der Waals surface area contributed by atoms with Crippen molar-refractivity contribution < 1.29 is 18.3 Å². The molecule has 1 amide bonds. The molecule has 28 heavy (non-hydrogen) atoms. The number of hydrogen-bond donors (Lipinski definition) is 2. The number of nitrogens with one attached hydrogen (secondary N) is 1. The number of benzene rings is 2. The van der Waals surface area contributed by atoms with Crippen LogP contribution in [0.3, 0.4) is 0 Å². The van der Waals surface area contributed by atoms with Crippen LogP contribution in [-0.2, 0) is 10.0 Å². The second kappa shape index (κ2) is 6.40. The highest BCUT2D eigenvalue weighted by molar-refractivity contribution is 7.89. The fraction of sp³-hybridized carbons (Fsp3) is 0.381. The van der Waals surface area contributed by atoms with Crippen LogP contribution < -0.4 is 5.32 Å². The molecule has 2 saturated carbocycles. The van der Waals surface area contributed by atoms with E-state index < -0.39 is 16.1 Å². The summed E-state index contributed by atoms with van der Waals surface area (Å²) in [6, 6.07) is 14.9. The van der Waals surface area contributed by atoms with Crippen molar-refractivity contribution in [2.75, 3.05) is 11.9 Å². The van der Waals surface area contributed by atoms with E-state index in [0.29, 0.717) is 18.2 Å². The zero-order valence-corrected chi connectivity index (χ0v) is 16.0. The Morgan fingerprint density at radius 2 is 1.82 bits per heavy atom. The molecule has 7 heteroatoms. The lowest BCUT2D eigenvalue weighted by atomic mass is 9.88. The minimum absolute atomic E-state index is 0.102. The van der Waals surface area contributed by atoms with E-state index in [-0.39, 0.29) is 34.2 Å². The van der Waals surface area contributed by atoms with Crippen molar-refractivity contribution in [1.82, 2.24) is 4.31 Å². The van der Waals surface area contributed by atoms with Gasteiger partial charge in [-0.25, -0.2) is 8.42 Å². The fourth-order valence-corrected chi connectivity index (χ4v) is 7.08. The molecular weight excluding hydrogens is 376 g/mol. The van der Waals surface area contributed by atoms with Crippen LogP contribution in [0.2, 0.25) is 0 Å². The van der Waals surface area contributed by atoms with Crippen molar-refractivity contribution in [2.45, 2.75) is 29.9 Å². The normalized spacial score (nSPS) is 31.2. The van der Waals surface area contributed by atoms with Crippen LogP contribution in [0.15, 0.2) is 59.5 Å². The number of aliphatic hydroxyl groups excluding tert-OH is 1. The summed E-state index contributed by atoms with van der Waals surface area (Å²) in [7, 11) is -3.77. The third-order valence-corrected chi connectivity index (χ3v) is 8.40. The summed E-state index contributed by atoms with van der Waals surface area (Å²) >= 11 is 0. The van der Waals surface area contributed by atoms with Crippen LogP contribution in [0, 0.1) is 17.8 Å². The van der Waals surface area contributed by atoms with E-state index in [9.17, 15) is 18.3 Å². The Morgan fingerprint density at radius 3 is 2.57 bits per heavy atom. The molecule has 2 aromatic rings. The molecule has 0 radical (unpaired) electrons. The summed E-state index contributed by atoms with van der Waals surface area (Å²) in [6.07, 6.45) is 1.25. The van der Waals surface area contributed by atoms with Crippen molar-refractivity contribution in [3.63, 3.8) is 0 Å². The highest BCUT2D eigenvalue weighted by Gasteiger charge is 2.61. The van der Waals surface area contributed by atoms with Crippen molar-refractivity contribution in [3.05, 3.63) is 60.2 Å². The summed E-state index contributed by atoms with van der Waals surface area (Å²) in [5.74, 6) is 0.478. The maximum Gasteiger partial charge on any atom is 0.255 e. The molecule has 2 bridgehead atoms. The number of para-hydroxylation sites is 1. The molecule has 2 N–H and O–H groups in total. The van der Waals surface area contributed by atoms with Gasteiger partial charge in [0.25, 0.3) is 5.91 Å². The monoisotopic (exact) mass is 398 g/mol. The molecular formula is C21H22N2O4S. The average Bonchev–Trinajstić information content (AvgIpc) is 3.32. The van der Waals surface area contributed by atoms with Gasteiger partial charge in [0.05, 0.1) is 17.0 Å². The maximum absolute atomic E-state index is 13.3. The van der Waals surface area contributed by atoms with E-state index in [1.165, 1.54) is 16.4 Å². The van der Waals surface area contributed by atoms with Crippen molar-refractivity contribution in [1.29, 1.82) is 0 Å². The minimum Gasteiger partial charge on any atom is -0.391 e. The van der Waals surface area contributed by atoms with Gasteiger partial charge in [-0.2, -0.15) is 4.31 Å². The smallest absolute Gasteiger partial charge is 0.255 e. The van der Waals surface area contributed by atoms with Crippen LogP contribution >= 0.6 is 0 Å². The SMILES string of the molecule is O=C(Nc1ccccc1)c1cccc(S(=O)(=O)N2C[C@@H]3C[C@H]4C[C@H]3[C@H]2[C@H]4O)c1. The summed E-state index contributed by atoms with van der Waals surface area (Å²) in [5, 5.41) is 13.3. The summed E-state index contributed by atoms with van der Waals surface area (Å²) in [4.78, 5) is 12.7. The van der Waals surface area contributed by atoms with Gasteiger partial charge >= 0.3 is 0 Å². The molecule has 3 aliphatic rings. The van der Waals surface area contributed by atoms with Gasteiger partial charge in [-0.1, -0.05) is 24.3 Å². The summed E-state index contributed by atoms with van der Waals surface area (Å²) < 4.78 is 28.1. The Balaban J connectivity index is 1.42. The van der Waals surface area contributed by atoms with Crippen molar-refractivity contribution >= 4 is 21.6 Å². The highest BCUT2D eigenvalue weighted by atomic mass is 32.2. The lowest BCUT2D eigenvalue weighted by molar-refractivity contribution is 0.0731. The van der Waals surface area contributed by atoms with Gasteiger partial charge in [0.2, 0.25) is 10.0 Å². The first-order valence-electron chi connectivity index (χ1n) is 9.61. The predicted molar refractivity (Wildman–Crippen MR) is 104 cm³/mol. The van der Waals surface area contributed by atoms with Crippen LogP contribution in [0.1, 0.15) is 23.2 Å². The zero-order chi connectivity index (χ0) is 19.5. The van der Waals surface area contributed by atoms with E-state index in [1.807, 2.05) is 18.2 Å². The van der Waals surface area contributed by atoms with Crippen LogP contribution in [0.5, 0.6) is 0 Å². The Kier molecular flexibility index (Phi) is 4.08. The van der Waals surface area contributed by atoms with Crippen molar-refractivity contribution in [3.8, 4) is 0 Å². The van der Waals surface area contributed by atoms with E-state index in [4.69, 9.17) is 0 Å². The number of carbonyl (C=O) groups excluding carboxylic acids is 1. The van der Waals surface area contributed by atoms with Crippen LogP contribution in [0.25, 0.3) is 0 Å². The number of fused-ring (bicyclic) bond motifs is 1. The molecule has 5 atom stereocenters. The average molecular weight is 398 g/mol. The fourth-order valence-electron chi connectivity index (χ4n) is 5.29. The van der Waals surface area contributed by atoms with E-state index >= 15 is 0 Å². The first-order chi connectivity index (χ1) is 13.4. The van der Waals surface area contributed by atoms with Crippen molar-refractivity contribution in [2.24, 2.45) is 17.8 Å². The third kappa shape index (κ3) is 2.69. The number of aliphatic hydroxyl groups is 1. The molecule has 2 aliphatic carbocycles. The van der Waals surface area contributed by atoms with Gasteiger partial charge < -0.3 is 10.4 Å². The highest BCUT2D eigenvalue weighted by Crippen LogP contribution is 2.56. The standard InChI is InChI=1S/C21H22N2O4S/c24-20-14-9-15-12-23(19(20)18(15)11-14)28(26,27)17-8-4-5-13(10-17)21(25)22-16-6-2-1-3-7-16/h1-8,10,14-15,18-20,24H,9,11-12H2,(H,22,25)/t14-,15-,18+,19-,20-/m0/s1. The molecule has 2 aromatic carbocycles. The molecule has 3 fully saturated rings. The Hall–Kier alpha value is -2.22. The number of hydrogen-bond acceptors (Lipinski definition) is 4. The quantitative estimate of drug-likeness (QED) is 0.828. The molecule has 146 valence electrons. The van der Waals surface area contributed by atoms with Crippen LogP contribution in [-0.4, -0.2) is 42.4 Å². The Morgan fingerprint density at radius 1 is 1.04 bits per heavy atom. The Bertz CT molecular complexity index is 1020. The number of nitrogens with zero attached hydrogens (tertiary/aromatic N) is 1. The third-order valence-electron chi connectivity index (χ3n) is 6.54. The zero-order valence-electron chi connectivity index (χ0n) is 15.2. The van der Waals surface area contributed by atoms with E-state index in [1.54, 1.807) is 24.3 Å². The van der Waals surface area contributed by atoms with Gasteiger partial charge in [-0.15, -0.1) is 0 Å². The van der Waals surface area contributed by atoms with E-state index in [0.717, 1.165) is 12.8 Å². The molecule has 0 aromatic heterocycles. The molecule has 6 nitrogen and oxygen atoms in total. The second-order valence-corrected chi connectivity index (χ2v) is 9.95. The summed E-state index contributed by atoms with van der Waals surface area (Å²) in [6.45, 7) is 0.464. The number of carbonyl (C=O) groups is 1. The topological polar surface area (TPSA) is 86.7 Å². The summed E-state index contributed by atoms with van der Waals surface area (Å²) in [5.41, 5.74) is 0.939. The number of sulfonamides is 1. The van der Waals surface area contributed by atoms with Gasteiger partial charge in [-0.3, -0.25) is 4.79 Å². The number of amides is 1. The van der Waals surface area contributed by atoms with Gasteiger partial charge in [-0.05, 0) is 60.9 Å². The minimum atomic E-state index is -3.77. The first-order valence-corrected chi connectivity index (χ1v) is 11.1. The second-order valence-electron chi connectivity index (χ2n) is 8.06. The first kappa shape index (κ1) is 17.8. The van der Waals surface area contributed by atoms with Gasteiger partial charge in [0.15, 0.2) is 0 Å². The molecule has 1 saturated heterocycles. The number of anilines is 1. The predicted octanol–water partition coefficient (Wildman–Crippen LogP) is 2.33. The molecule has 0 unspecified atom stereocenters. The Labute approximate surface area is 164 Å². The van der Waals surface area contributed by atoms with Gasteiger partial charge in [0.1, 0.15) is 0 Å². The molecule has 5 rings (SSSR count). The maximum atomic E-state index is 13.3.